The number of aromatic nitrogens is 2. The Morgan fingerprint density at radius 1 is 1.15 bits per heavy atom. The number of hydrogen-bond donors (Lipinski definition) is 0. The van der Waals surface area contributed by atoms with E-state index in [4.69, 9.17) is 16.3 Å². The summed E-state index contributed by atoms with van der Waals surface area (Å²) >= 11 is 6.30. The molecule has 12 heteroatoms. The molecule has 4 rings (SSSR count). The van der Waals surface area contributed by atoms with Crippen LogP contribution in [0.2, 0.25) is 5.02 Å². The van der Waals surface area contributed by atoms with Crippen molar-refractivity contribution in [1.29, 1.82) is 0 Å². The van der Waals surface area contributed by atoms with E-state index >= 15 is 0 Å². The highest BCUT2D eigenvalue weighted by Gasteiger charge is 2.36. The average Bonchev–Trinajstić information content (AvgIpc) is 3.27. The van der Waals surface area contributed by atoms with E-state index in [1.807, 2.05) is 13.0 Å². The molecule has 0 bridgehead atoms. The molecule has 1 fully saturated rings. The van der Waals surface area contributed by atoms with E-state index in [1.54, 1.807) is 49.4 Å². The number of carbonyl (C=O) groups is 1. The molecule has 0 saturated carbocycles. The Morgan fingerprint density at radius 2 is 1.87 bits per heavy atom. The quantitative estimate of drug-likeness (QED) is 0.324. The molecule has 39 heavy (non-hydrogen) atoms. The highest BCUT2D eigenvalue weighted by Crippen LogP contribution is 2.26. The van der Waals surface area contributed by atoms with Crippen molar-refractivity contribution in [2.24, 2.45) is 0 Å². The number of nitrogens with zero attached hydrogens (tertiary/aromatic N) is 3. The van der Waals surface area contributed by atoms with Crippen molar-refractivity contribution in [3.8, 4) is 5.75 Å². The number of halogens is 1. The highest BCUT2D eigenvalue weighted by molar-refractivity contribution is 7.91. The molecule has 1 atom stereocenters. The minimum absolute atomic E-state index is 0.0429. The molecule has 0 N–H and O–H groups in total. The van der Waals surface area contributed by atoms with Gasteiger partial charge < -0.3 is 9.64 Å². The van der Waals surface area contributed by atoms with Crippen molar-refractivity contribution < 1.29 is 26.4 Å². The lowest BCUT2D eigenvalue weighted by atomic mass is 10.1. The summed E-state index contributed by atoms with van der Waals surface area (Å²) in [5.41, 5.74) is 1.84. The number of sulfone groups is 2. The van der Waals surface area contributed by atoms with Crippen LogP contribution in [-0.4, -0.2) is 61.8 Å². The number of carbonyl (C=O) groups excluding carboxylic acids is 1. The predicted molar refractivity (Wildman–Crippen MR) is 148 cm³/mol. The molecular formula is C27H30ClN3O6S2. The molecule has 0 spiro atoms. The summed E-state index contributed by atoms with van der Waals surface area (Å²) in [5, 5.41) is -0.640. The monoisotopic (exact) mass is 591 g/mol. The Balaban J connectivity index is 1.65. The number of rotatable bonds is 10. The van der Waals surface area contributed by atoms with Gasteiger partial charge in [0.2, 0.25) is 15.0 Å². The molecule has 1 aromatic heterocycles. The number of amides is 1. The smallest absolute Gasteiger partial charge is 0.274 e. The molecule has 0 aliphatic carbocycles. The maximum Gasteiger partial charge on any atom is 0.274 e. The van der Waals surface area contributed by atoms with E-state index in [9.17, 15) is 21.6 Å². The third-order valence-electron chi connectivity index (χ3n) is 6.47. The van der Waals surface area contributed by atoms with Gasteiger partial charge in [0.05, 0.1) is 35.1 Å². The first kappa shape index (κ1) is 29.0. The topological polar surface area (TPSA) is 124 Å². The molecule has 2 aromatic carbocycles. The Bertz CT molecular complexity index is 1560. The molecular weight excluding hydrogens is 562 g/mol. The van der Waals surface area contributed by atoms with E-state index in [-0.39, 0.29) is 40.9 Å². The van der Waals surface area contributed by atoms with Crippen LogP contribution in [0, 0.1) is 6.92 Å². The van der Waals surface area contributed by atoms with Crippen LogP contribution in [-0.2, 0) is 32.0 Å². The molecule has 3 aromatic rings. The van der Waals surface area contributed by atoms with Crippen LogP contribution >= 0.6 is 11.6 Å². The summed E-state index contributed by atoms with van der Waals surface area (Å²) in [5.74, 6) is -0.560. The van der Waals surface area contributed by atoms with Gasteiger partial charge in [0.25, 0.3) is 5.91 Å². The van der Waals surface area contributed by atoms with Gasteiger partial charge in [-0.3, -0.25) is 4.79 Å². The minimum Gasteiger partial charge on any atom is -0.494 e. The van der Waals surface area contributed by atoms with Gasteiger partial charge in [0.15, 0.2) is 15.5 Å². The molecule has 1 unspecified atom stereocenters. The third kappa shape index (κ3) is 7.14. The van der Waals surface area contributed by atoms with Crippen LogP contribution in [0.4, 0.5) is 0 Å². The fraction of sp³-hybridized carbons (Fsp3) is 0.370. The summed E-state index contributed by atoms with van der Waals surface area (Å²) < 4.78 is 56.5. The first-order valence-electron chi connectivity index (χ1n) is 12.5. The Labute approximate surface area is 234 Å². The van der Waals surface area contributed by atoms with Gasteiger partial charge in [0.1, 0.15) is 5.75 Å². The molecule has 2 heterocycles. The summed E-state index contributed by atoms with van der Waals surface area (Å²) in [7, 11) is -7.33. The van der Waals surface area contributed by atoms with Crippen LogP contribution < -0.4 is 4.74 Å². The Kier molecular flexibility index (Phi) is 8.93. The number of ether oxygens (including phenoxy) is 1. The van der Waals surface area contributed by atoms with Crippen molar-refractivity contribution in [2.45, 2.75) is 50.2 Å². The van der Waals surface area contributed by atoms with Crippen LogP contribution in [0.5, 0.6) is 5.75 Å². The summed E-state index contributed by atoms with van der Waals surface area (Å²) in [4.78, 5) is 23.2. The van der Waals surface area contributed by atoms with E-state index < -0.39 is 36.8 Å². The lowest BCUT2D eigenvalue weighted by molar-refractivity contribution is 0.0674. The number of hydrogen-bond acceptors (Lipinski definition) is 8. The van der Waals surface area contributed by atoms with Gasteiger partial charge >= 0.3 is 0 Å². The zero-order valence-electron chi connectivity index (χ0n) is 21.7. The van der Waals surface area contributed by atoms with Crippen molar-refractivity contribution in [1.82, 2.24) is 14.9 Å². The van der Waals surface area contributed by atoms with Crippen molar-refractivity contribution >= 4 is 37.2 Å². The molecule has 1 aliphatic rings. The zero-order valence-corrected chi connectivity index (χ0v) is 24.1. The highest BCUT2D eigenvalue weighted by atomic mass is 35.5. The second kappa shape index (κ2) is 12.0. The fourth-order valence-corrected chi connectivity index (χ4v) is 7.53. The van der Waals surface area contributed by atoms with Crippen molar-refractivity contribution in [3.05, 3.63) is 82.1 Å². The summed E-state index contributed by atoms with van der Waals surface area (Å²) in [6.45, 7) is 4.47. The van der Waals surface area contributed by atoms with E-state index in [2.05, 4.69) is 9.97 Å². The van der Waals surface area contributed by atoms with E-state index in [0.717, 1.165) is 23.7 Å². The van der Waals surface area contributed by atoms with Gasteiger partial charge in [-0.2, -0.15) is 0 Å². The lowest BCUT2D eigenvalue weighted by Crippen LogP contribution is -2.41. The maximum atomic E-state index is 13.8. The van der Waals surface area contributed by atoms with E-state index in [0.29, 0.717) is 17.9 Å². The largest absolute Gasteiger partial charge is 0.494 e. The molecule has 1 amide bonds. The standard InChI is InChI=1S/C27H30ClN3O6S2/c1-3-13-37-23-10-8-20(9-11-23)16-31(22-12-14-38(33,34)18-22)26(32)25-24(28)15-29-27(30-25)39(35,36)17-21-7-5-4-6-19(21)2/h4-11,15,22H,3,12-14,16-18H2,1-2H3. The average molecular weight is 592 g/mol. The second-order valence-electron chi connectivity index (χ2n) is 9.52. The maximum absolute atomic E-state index is 13.8. The van der Waals surface area contributed by atoms with Gasteiger partial charge in [0, 0.05) is 12.6 Å². The summed E-state index contributed by atoms with van der Waals surface area (Å²) in [6.07, 6.45) is 2.21. The van der Waals surface area contributed by atoms with Gasteiger partial charge in [-0.15, -0.1) is 0 Å². The van der Waals surface area contributed by atoms with Gasteiger partial charge in [-0.05, 0) is 48.6 Å². The lowest BCUT2D eigenvalue weighted by Gasteiger charge is -2.28. The Hall–Kier alpha value is -3.02. The van der Waals surface area contributed by atoms with Crippen LogP contribution in [0.3, 0.4) is 0 Å². The van der Waals surface area contributed by atoms with E-state index in [1.165, 1.54) is 4.90 Å². The first-order valence-corrected chi connectivity index (χ1v) is 16.4. The molecule has 208 valence electrons. The van der Waals surface area contributed by atoms with Crippen molar-refractivity contribution in [3.63, 3.8) is 0 Å². The van der Waals surface area contributed by atoms with Gasteiger partial charge in [-0.1, -0.05) is 54.9 Å². The summed E-state index contributed by atoms with van der Waals surface area (Å²) in [6, 6.07) is 13.6. The molecule has 0 radical (unpaired) electrons. The van der Waals surface area contributed by atoms with Crippen molar-refractivity contribution in [2.75, 3.05) is 18.1 Å². The fourth-order valence-electron chi connectivity index (χ4n) is 4.32. The number of aryl methyl sites for hydroxylation is 1. The Morgan fingerprint density at radius 3 is 2.51 bits per heavy atom. The third-order valence-corrected chi connectivity index (χ3v) is 9.94. The minimum atomic E-state index is -4.00. The molecule has 1 aliphatic heterocycles. The SMILES string of the molecule is CCCOc1ccc(CN(C(=O)c2nc(S(=O)(=O)Cc3ccccc3C)ncc2Cl)C2CCS(=O)(=O)C2)cc1. The van der Waals surface area contributed by atoms with Gasteiger partial charge in [-0.25, -0.2) is 26.8 Å². The normalized spacial score (nSPS) is 16.6. The zero-order chi connectivity index (χ0) is 28.2. The van der Waals surface area contributed by atoms with Crippen LogP contribution in [0.25, 0.3) is 0 Å². The molecule has 9 nitrogen and oxygen atoms in total. The van der Waals surface area contributed by atoms with Crippen LogP contribution in [0.1, 0.15) is 46.9 Å². The van der Waals surface area contributed by atoms with Crippen LogP contribution in [0.15, 0.2) is 59.9 Å². The molecule has 1 saturated heterocycles. The second-order valence-corrected chi connectivity index (χ2v) is 14.0. The first-order chi connectivity index (χ1) is 18.5. The predicted octanol–water partition coefficient (Wildman–Crippen LogP) is 4.03. The number of benzene rings is 2.